The Labute approximate surface area is 130 Å². The second kappa shape index (κ2) is 6.97. The summed E-state index contributed by atoms with van der Waals surface area (Å²) in [6.07, 6.45) is 2.62. The number of ether oxygens (including phenoxy) is 2. The highest BCUT2D eigenvalue weighted by Gasteiger charge is 2.22. The summed E-state index contributed by atoms with van der Waals surface area (Å²) in [7, 11) is 0. The Morgan fingerprint density at radius 1 is 1.38 bits per heavy atom. The Balaban J connectivity index is 1.49. The molecule has 0 amide bonds. The molecule has 0 bridgehead atoms. The quantitative estimate of drug-likeness (QED) is 0.906. The molecule has 0 aromatic heterocycles. The molecule has 1 unspecified atom stereocenters. The van der Waals surface area contributed by atoms with Gasteiger partial charge in [0.15, 0.2) is 0 Å². The number of aliphatic hydroxyl groups excluding tert-OH is 1. The molecular weight excluding hydrogens is 290 g/mol. The molecule has 0 radical (unpaired) electrons. The molecule has 2 aliphatic rings. The summed E-state index contributed by atoms with van der Waals surface area (Å²) in [5.74, 6) is 0. The van der Waals surface area contributed by atoms with Crippen LogP contribution < -0.4 is 4.90 Å². The summed E-state index contributed by atoms with van der Waals surface area (Å²) in [6.45, 7) is 3.44. The summed E-state index contributed by atoms with van der Waals surface area (Å²) in [6, 6.07) is 5.98. The molecule has 21 heavy (non-hydrogen) atoms. The van der Waals surface area contributed by atoms with Crippen LogP contribution in [0.5, 0.6) is 0 Å². The van der Waals surface area contributed by atoms with Crippen LogP contribution in [0.4, 0.5) is 5.69 Å². The van der Waals surface area contributed by atoms with Crippen molar-refractivity contribution in [2.24, 2.45) is 0 Å². The van der Waals surface area contributed by atoms with Gasteiger partial charge in [0.25, 0.3) is 0 Å². The van der Waals surface area contributed by atoms with Gasteiger partial charge >= 0.3 is 0 Å². The zero-order valence-corrected chi connectivity index (χ0v) is 12.9. The van der Waals surface area contributed by atoms with E-state index in [1.165, 1.54) is 5.56 Å². The van der Waals surface area contributed by atoms with E-state index in [0.717, 1.165) is 49.7 Å². The average Bonchev–Trinajstić information content (AvgIpc) is 2.88. The van der Waals surface area contributed by atoms with Gasteiger partial charge in [-0.15, -0.1) is 0 Å². The second-order valence-corrected chi connectivity index (χ2v) is 6.20. The maximum atomic E-state index is 10.2. The van der Waals surface area contributed by atoms with Gasteiger partial charge in [-0.05, 0) is 37.0 Å². The van der Waals surface area contributed by atoms with Crippen molar-refractivity contribution in [1.82, 2.24) is 0 Å². The first kappa shape index (κ1) is 15.1. The van der Waals surface area contributed by atoms with Gasteiger partial charge in [-0.3, -0.25) is 0 Å². The van der Waals surface area contributed by atoms with E-state index in [9.17, 15) is 5.11 Å². The predicted molar refractivity (Wildman–Crippen MR) is 83.2 cm³/mol. The van der Waals surface area contributed by atoms with Gasteiger partial charge in [0, 0.05) is 37.0 Å². The van der Waals surface area contributed by atoms with Crippen molar-refractivity contribution in [2.75, 3.05) is 37.8 Å². The summed E-state index contributed by atoms with van der Waals surface area (Å²) in [5, 5.41) is 10.9. The smallest absolute Gasteiger partial charge is 0.0948 e. The van der Waals surface area contributed by atoms with Gasteiger partial charge in [0.2, 0.25) is 0 Å². The minimum Gasteiger partial charge on any atom is -0.389 e. The lowest BCUT2D eigenvalue weighted by Gasteiger charge is -2.26. The van der Waals surface area contributed by atoms with Crippen LogP contribution >= 0.6 is 11.6 Å². The fraction of sp³-hybridized carbons (Fsp3) is 0.625. The van der Waals surface area contributed by atoms with Crippen molar-refractivity contribution in [3.63, 3.8) is 0 Å². The van der Waals surface area contributed by atoms with Gasteiger partial charge in [-0.2, -0.15) is 0 Å². The second-order valence-electron chi connectivity index (χ2n) is 5.77. The van der Waals surface area contributed by atoms with Gasteiger partial charge in [-0.25, -0.2) is 0 Å². The van der Waals surface area contributed by atoms with E-state index in [4.69, 9.17) is 21.1 Å². The maximum Gasteiger partial charge on any atom is 0.0948 e. The molecule has 0 saturated carbocycles. The number of β-amino-alcohol motifs (C(OH)–C–C–N with tert-alkyl or cyclic N) is 1. The van der Waals surface area contributed by atoms with E-state index in [0.29, 0.717) is 13.2 Å². The summed E-state index contributed by atoms with van der Waals surface area (Å²) < 4.78 is 11.1. The summed E-state index contributed by atoms with van der Waals surface area (Å²) in [4.78, 5) is 2.19. The number of aliphatic hydroxyl groups is 1. The van der Waals surface area contributed by atoms with Gasteiger partial charge in [0.1, 0.15) is 0 Å². The predicted octanol–water partition coefficient (Wildman–Crippen LogP) is 2.26. The number of halogens is 1. The standard InChI is InChI=1S/C16H22ClNO3/c17-13-2-1-12-3-6-18(16(12)9-13)10-14(19)11-21-15-4-7-20-8-5-15/h1-2,9,14-15,19H,3-8,10-11H2. The Hall–Kier alpha value is -0.810. The van der Waals surface area contributed by atoms with Crippen LogP contribution in [-0.4, -0.2) is 50.2 Å². The number of rotatable bonds is 5. The molecule has 3 rings (SSSR count). The van der Waals surface area contributed by atoms with E-state index in [2.05, 4.69) is 11.0 Å². The van der Waals surface area contributed by atoms with Crippen LogP contribution in [0.3, 0.4) is 0 Å². The number of nitrogens with zero attached hydrogens (tertiary/aromatic N) is 1. The third-order valence-corrected chi connectivity index (χ3v) is 4.40. The molecule has 2 heterocycles. The van der Waals surface area contributed by atoms with Crippen LogP contribution in [0.2, 0.25) is 5.02 Å². The summed E-state index contributed by atoms with van der Waals surface area (Å²) in [5.41, 5.74) is 2.45. The lowest BCUT2D eigenvalue weighted by atomic mass is 10.1. The normalized spacial score (nSPS) is 20.6. The largest absolute Gasteiger partial charge is 0.389 e. The van der Waals surface area contributed by atoms with Crippen LogP contribution in [0, 0.1) is 0 Å². The molecule has 1 atom stereocenters. The first-order chi connectivity index (χ1) is 10.2. The Bertz CT molecular complexity index is 477. The van der Waals surface area contributed by atoms with E-state index < -0.39 is 6.10 Å². The summed E-state index contributed by atoms with van der Waals surface area (Å²) >= 11 is 6.06. The third kappa shape index (κ3) is 3.89. The van der Waals surface area contributed by atoms with Gasteiger partial charge in [0.05, 0.1) is 18.8 Å². The zero-order valence-electron chi connectivity index (χ0n) is 12.1. The van der Waals surface area contributed by atoms with E-state index in [-0.39, 0.29) is 6.10 Å². The monoisotopic (exact) mass is 311 g/mol. The molecular formula is C16H22ClNO3. The first-order valence-electron chi connectivity index (χ1n) is 7.63. The molecule has 5 heteroatoms. The lowest BCUT2D eigenvalue weighted by Crippen LogP contribution is -2.35. The third-order valence-electron chi connectivity index (χ3n) is 4.16. The average molecular weight is 312 g/mol. The Kier molecular flexibility index (Phi) is 5.01. The van der Waals surface area contributed by atoms with Crippen molar-refractivity contribution >= 4 is 17.3 Å². The molecule has 1 saturated heterocycles. The number of benzene rings is 1. The lowest BCUT2D eigenvalue weighted by molar-refractivity contribution is -0.0574. The molecule has 1 N–H and O–H groups in total. The first-order valence-corrected chi connectivity index (χ1v) is 8.01. The highest BCUT2D eigenvalue weighted by molar-refractivity contribution is 6.30. The minimum atomic E-state index is -0.474. The van der Waals surface area contributed by atoms with Crippen molar-refractivity contribution in [3.8, 4) is 0 Å². The van der Waals surface area contributed by atoms with Gasteiger partial charge < -0.3 is 19.5 Å². The number of anilines is 1. The van der Waals surface area contributed by atoms with Crippen LogP contribution in [0.1, 0.15) is 18.4 Å². The molecule has 1 aromatic rings. The number of hydrogen-bond donors (Lipinski definition) is 1. The number of fused-ring (bicyclic) bond motifs is 1. The molecule has 116 valence electrons. The Morgan fingerprint density at radius 2 is 2.19 bits per heavy atom. The number of hydrogen-bond acceptors (Lipinski definition) is 4. The van der Waals surface area contributed by atoms with E-state index >= 15 is 0 Å². The molecule has 4 nitrogen and oxygen atoms in total. The van der Waals surface area contributed by atoms with Crippen molar-refractivity contribution in [1.29, 1.82) is 0 Å². The topological polar surface area (TPSA) is 41.9 Å². The highest BCUT2D eigenvalue weighted by atomic mass is 35.5. The molecule has 1 aromatic carbocycles. The Morgan fingerprint density at radius 3 is 3.00 bits per heavy atom. The van der Waals surface area contributed by atoms with Crippen molar-refractivity contribution in [3.05, 3.63) is 28.8 Å². The van der Waals surface area contributed by atoms with Crippen LogP contribution in [-0.2, 0) is 15.9 Å². The van der Waals surface area contributed by atoms with Gasteiger partial charge in [-0.1, -0.05) is 17.7 Å². The highest BCUT2D eigenvalue weighted by Crippen LogP contribution is 2.30. The van der Waals surface area contributed by atoms with E-state index in [1.807, 2.05) is 12.1 Å². The van der Waals surface area contributed by atoms with Crippen molar-refractivity contribution in [2.45, 2.75) is 31.5 Å². The van der Waals surface area contributed by atoms with Crippen LogP contribution in [0.25, 0.3) is 0 Å². The zero-order chi connectivity index (χ0) is 14.7. The maximum absolute atomic E-state index is 10.2. The molecule has 1 fully saturated rings. The van der Waals surface area contributed by atoms with Crippen LogP contribution in [0.15, 0.2) is 18.2 Å². The minimum absolute atomic E-state index is 0.230. The SMILES string of the molecule is OC(COC1CCOCC1)CN1CCc2ccc(Cl)cc21. The fourth-order valence-electron chi connectivity index (χ4n) is 3.01. The van der Waals surface area contributed by atoms with Crippen molar-refractivity contribution < 1.29 is 14.6 Å². The molecule has 2 aliphatic heterocycles. The van der Waals surface area contributed by atoms with E-state index in [1.54, 1.807) is 0 Å². The molecule has 0 aliphatic carbocycles. The molecule has 0 spiro atoms. The fourth-order valence-corrected chi connectivity index (χ4v) is 3.17.